The lowest BCUT2D eigenvalue weighted by atomic mass is 10.2. The van der Waals surface area contributed by atoms with Gasteiger partial charge in [0.1, 0.15) is 0 Å². The molecule has 4 nitrogen and oxygen atoms in total. The molecule has 21 heavy (non-hydrogen) atoms. The fourth-order valence-electron chi connectivity index (χ4n) is 2.33. The predicted octanol–water partition coefficient (Wildman–Crippen LogP) is 3.60. The number of amides is 1. The minimum absolute atomic E-state index is 0.132. The highest BCUT2D eigenvalue weighted by molar-refractivity contribution is 6.43. The molecule has 0 spiro atoms. The highest BCUT2D eigenvalue weighted by atomic mass is 35.5. The molecule has 1 aliphatic rings. The molecule has 0 unspecified atom stereocenters. The molecule has 0 aromatic heterocycles. The van der Waals surface area contributed by atoms with Gasteiger partial charge in [0.15, 0.2) is 6.10 Å². The van der Waals surface area contributed by atoms with Gasteiger partial charge in [0, 0.05) is 6.04 Å². The second kappa shape index (κ2) is 7.14. The van der Waals surface area contributed by atoms with E-state index in [2.05, 4.69) is 5.32 Å². The quantitative estimate of drug-likeness (QED) is 0.858. The summed E-state index contributed by atoms with van der Waals surface area (Å²) in [7, 11) is 0. The number of ether oxygens (including phenoxy) is 1. The normalized spacial score (nSPS) is 16.5. The average molecular weight is 330 g/mol. The summed E-state index contributed by atoms with van der Waals surface area (Å²) in [4.78, 5) is 24.0. The SMILES string of the molecule is C[C@H](OC(=O)c1cccc(Cl)c1Cl)C(=O)NC1CCCC1. The van der Waals surface area contributed by atoms with Gasteiger partial charge in [-0.1, -0.05) is 42.1 Å². The summed E-state index contributed by atoms with van der Waals surface area (Å²) in [6, 6.07) is 4.89. The Kier molecular flexibility index (Phi) is 5.48. The number of rotatable bonds is 4. The zero-order valence-electron chi connectivity index (χ0n) is 11.7. The van der Waals surface area contributed by atoms with Crippen LogP contribution in [-0.4, -0.2) is 24.0 Å². The van der Waals surface area contributed by atoms with E-state index in [1.165, 1.54) is 6.07 Å². The van der Waals surface area contributed by atoms with Gasteiger partial charge in [-0.15, -0.1) is 0 Å². The summed E-state index contributed by atoms with van der Waals surface area (Å²) < 4.78 is 5.15. The van der Waals surface area contributed by atoms with E-state index in [-0.39, 0.29) is 27.6 Å². The van der Waals surface area contributed by atoms with Crippen molar-refractivity contribution in [3.63, 3.8) is 0 Å². The van der Waals surface area contributed by atoms with Crippen LogP contribution in [0.5, 0.6) is 0 Å². The number of halogens is 2. The average Bonchev–Trinajstić information content (AvgIpc) is 2.94. The Morgan fingerprint density at radius 1 is 1.29 bits per heavy atom. The molecule has 6 heteroatoms. The van der Waals surface area contributed by atoms with Crippen LogP contribution in [0.2, 0.25) is 10.0 Å². The maximum Gasteiger partial charge on any atom is 0.340 e. The van der Waals surface area contributed by atoms with Crippen molar-refractivity contribution in [1.29, 1.82) is 0 Å². The van der Waals surface area contributed by atoms with Crippen molar-refractivity contribution in [2.24, 2.45) is 0 Å². The van der Waals surface area contributed by atoms with E-state index in [0.717, 1.165) is 25.7 Å². The first kappa shape index (κ1) is 16.1. The fraction of sp³-hybridized carbons (Fsp3) is 0.467. The van der Waals surface area contributed by atoms with Gasteiger partial charge in [-0.3, -0.25) is 4.79 Å². The highest BCUT2D eigenvalue weighted by Gasteiger charge is 2.24. The van der Waals surface area contributed by atoms with Crippen LogP contribution in [0.15, 0.2) is 18.2 Å². The number of carbonyl (C=O) groups is 2. The summed E-state index contributed by atoms with van der Waals surface area (Å²) in [6.07, 6.45) is 3.33. The van der Waals surface area contributed by atoms with E-state index >= 15 is 0 Å². The van der Waals surface area contributed by atoms with E-state index < -0.39 is 12.1 Å². The number of benzene rings is 1. The molecule has 114 valence electrons. The molecule has 2 rings (SSSR count). The van der Waals surface area contributed by atoms with E-state index in [1.807, 2.05) is 0 Å². The van der Waals surface area contributed by atoms with Crippen molar-refractivity contribution in [2.45, 2.75) is 44.8 Å². The van der Waals surface area contributed by atoms with Crippen LogP contribution >= 0.6 is 23.2 Å². The second-order valence-corrected chi connectivity index (χ2v) is 5.92. The third kappa shape index (κ3) is 4.11. The van der Waals surface area contributed by atoms with Gasteiger partial charge < -0.3 is 10.1 Å². The van der Waals surface area contributed by atoms with Crippen LogP contribution in [0, 0.1) is 0 Å². The summed E-state index contributed by atoms with van der Waals surface area (Å²) in [5.41, 5.74) is 0.157. The number of hydrogen-bond donors (Lipinski definition) is 1. The summed E-state index contributed by atoms with van der Waals surface area (Å²) in [6.45, 7) is 1.54. The van der Waals surface area contributed by atoms with E-state index in [1.54, 1.807) is 19.1 Å². The van der Waals surface area contributed by atoms with Gasteiger partial charge >= 0.3 is 5.97 Å². The Balaban J connectivity index is 1.95. The van der Waals surface area contributed by atoms with Crippen molar-refractivity contribution in [3.05, 3.63) is 33.8 Å². The molecule has 0 saturated heterocycles. The number of hydrogen-bond acceptors (Lipinski definition) is 3. The molecule has 0 radical (unpaired) electrons. The number of nitrogens with one attached hydrogen (secondary N) is 1. The molecule has 1 saturated carbocycles. The van der Waals surface area contributed by atoms with E-state index in [0.29, 0.717) is 0 Å². The first-order chi connectivity index (χ1) is 9.99. The Hall–Kier alpha value is -1.26. The Morgan fingerprint density at radius 3 is 2.62 bits per heavy atom. The monoisotopic (exact) mass is 329 g/mol. The van der Waals surface area contributed by atoms with E-state index in [9.17, 15) is 9.59 Å². The zero-order valence-corrected chi connectivity index (χ0v) is 13.2. The molecule has 1 atom stereocenters. The molecule has 1 N–H and O–H groups in total. The Morgan fingerprint density at radius 2 is 1.95 bits per heavy atom. The standard InChI is InChI=1S/C15H17Cl2NO3/c1-9(14(19)18-10-5-2-3-6-10)21-15(20)11-7-4-8-12(16)13(11)17/h4,7-10H,2-3,5-6H2,1H3,(H,18,19)/t9-/m0/s1. The smallest absolute Gasteiger partial charge is 0.340 e. The maximum absolute atomic E-state index is 12.0. The largest absolute Gasteiger partial charge is 0.449 e. The molecule has 1 fully saturated rings. The van der Waals surface area contributed by atoms with Crippen molar-refractivity contribution in [1.82, 2.24) is 5.32 Å². The topological polar surface area (TPSA) is 55.4 Å². The lowest BCUT2D eigenvalue weighted by molar-refractivity contribution is -0.129. The maximum atomic E-state index is 12.0. The molecule has 0 bridgehead atoms. The van der Waals surface area contributed by atoms with Crippen molar-refractivity contribution in [3.8, 4) is 0 Å². The minimum atomic E-state index is -0.867. The number of esters is 1. The highest BCUT2D eigenvalue weighted by Crippen LogP contribution is 2.26. The molecule has 1 aliphatic carbocycles. The molecule has 0 aliphatic heterocycles. The Labute approximate surface area is 133 Å². The second-order valence-electron chi connectivity index (χ2n) is 5.14. The lowest BCUT2D eigenvalue weighted by Gasteiger charge is -2.17. The minimum Gasteiger partial charge on any atom is -0.449 e. The van der Waals surface area contributed by atoms with E-state index in [4.69, 9.17) is 27.9 Å². The fourth-order valence-corrected chi connectivity index (χ4v) is 2.71. The van der Waals surface area contributed by atoms with Gasteiger partial charge in [0.05, 0.1) is 15.6 Å². The third-order valence-corrected chi connectivity index (χ3v) is 4.35. The van der Waals surface area contributed by atoms with Gasteiger partial charge in [0.25, 0.3) is 5.91 Å². The first-order valence-corrected chi connectivity index (χ1v) is 7.70. The summed E-state index contributed by atoms with van der Waals surface area (Å²) in [5.74, 6) is -0.940. The lowest BCUT2D eigenvalue weighted by Crippen LogP contribution is -2.40. The van der Waals surface area contributed by atoms with Crippen LogP contribution in [0.1, 0.15) is 43.0 Å². The van der Waals surface area contributed by atoms with Crippen LogP contribution in [0.4, 0.5) is 0 Å². The van der Waals surface area contributed by atoms with Crippen LogP contribution in [0.3, 0.4) is 0 Å². The van der Waals surface area contributed by atoms with Crippen LogP contribution in [-0.2, 0) is 9.53 Å². The molecular formula is C15H17Cl2NO3. The molecule has 1 amide bonds. The summed E-state index contributed by atoms with van der Waals surface area (Å²) in [5, 5.41) is 3.29. The van der Waals surface area contributed by atoms with Gasteiger partial charge in [0.2, 0.25) is 0 Å². The first-order valence-electron chi connectivity index (χ1n) is 6.94. The van der Waals surface area contributed by atoms with Crippen LogP contribution < -0.4 is 5.32 Å². The predicted molar refractivity (Wildman–Crippen MR) is 81.7 cm³/mol. The number of carbonyl (C=O) groups excluding carboxylic acids is 2. The molecule has 0 heterocycles. The van der Waals surface area contributed by atoms with Gasteiger partial charge in [-0.05, 0) is 31.9 Å². The summed E-state index contributed by atoms with van der Waals surface area (Å²) >= 11 is 11.8. The van der Waals surface area contributed by atoms with Gasteiger partial charge in [-0.2, -0.15) is 0 Å². The zero-order chi connectivity index (χ0) is 15.4. The van der Waals surface area contributed by atoms with Crippen LogP contribution in [0.25, 0.3) is 0 Å². The Bertz CT molecular complexity index is 542. The van der Waals surface area contributed by atoms with Crippen molar-refractivity contribution >= 4 is 35.1 Å². The molecular weight excluding hydrogens is 313 g/mol. The van der Waals surface area contributed by atoms with Crippen molar-refractivity contribution in [2.75, 3.05) is 0 Å². The third-order valence-electron chi connectivity index (χ3n) is 3.53. The molecule has 1 aromatic rings. The molecule has 1 aromatic carbocycles. The van der Waals surface area contributed by atoms with Gasteiger partial charge in [-0.25, -0.2) is 4.79 Å². The van der Waals surface area contributed by atoms with Crippen molar-refractivity contribution < 1.29 is 14.3 Å².